The average Bonchev–Trinajstić information content (AvgIpc) is 2.74. The molecule has 5 nitrogen and oxygen atoms in total. The maximum absolute atomic E-state index is 11.9. The molecule has 0 aromatic carbocycles. The Morgan fingerprint density at radius 1 is 1.60 bits per heavy atom. The molecule has 2 rings (SSSR count). The van der Waals surface area contributed by atoms with Crippen molar-refractivity contribution in [3.05, 3.63) is 16.1 Å². The minimum atomic E-state index is -4.15. The van der Waals surface area contributed by atoms with Crippen molar-refractivity contribution < 1.29 is 14.4 Å². The summed E-state index contributed by atoms with van der Waals surface area (Å²) in [7, 11) is -4.15. The number of aromatic nitrogens is 1. The van der Waals surface area contributed by atoms with Gasteiger partial charge in [-0.25, -0.2) is 4.98 Å². The Hall–Kier alpha value is -0.260. The summed E-state index contributed by atoms with van der Waals surface area (Å²) in [5.74, 6) is 0.353. The SMILES string of the molecule is Cc1csc(CCN[C@@]2(P(=O)(O)O)CCC[C@@H](C)C2)n1. The Morgan fingerprint density at radius 3 is 2.90 bits per heavy atom. The van der Waals surface area contributed by atoms with Gasteiger partial charge in [0, 0.05) is 24.0 Å². The first-order valence-electron chi connectivity index (χ1n) is 7.04. The van der Waals surface area contributed by atoms with E-state index in [1.807, 2.05) is 12.3 Å². The highest BCUT2D eigenvalue weighted by Gasteiger charge is 2.48. The molecule has 1 aromatic rings. The van der Waals surface area contributed by atoms with Crippen molar-refractivity contribution in [1.82, 2.24) is 10.3 Å². The summed E-state index contributed by atoms with van der Waals surface area (Å²) >= 11 is 1.60. The normalized spacial score (nSPS) is 27.7. The van der Waals surface area contributed by atoms with Gasteiger partial charge in [0.05, 0.1) is 5.01 Å². The van der Waals surface area contributed by atoms with E-state index in [1.54, 1.807) is 11.3 Å². The van der Waals surface area contributed by atoms with E-state index < -0.39 is 12.9 Å². The van der Waals surface area contributed by atoms with E-state index >= 15 is 0 Å². The fraction of sp³-hybridized carbons (Fsp3) is 0.769. The topological polar surface area (TPSA) is 82.5 Å². The van der Waals surface area contributed by atoms with Crippen molar-refractivity contribution >= 4 is 18.9 Å². The molecule has 3 N–H and O–H groups in total. The average molecular weight is 318 g/mol. The van der Waals surface area contributed by atoms with Crippen molar-refractivity contribution in [2.45, 2.75) is 51.2 Å². The zero-order valence-corrected chi connectivity index (χ0v) is 13.7. The molecule has 7 heteroatoms. The summed E-state index contributed by atoms with van der Waals surface area (Å²) in [5, 5.41) is 5.15. The fourth-order valence-corrected chi connectivity index (χ4v) is 5.06. The molecule has 1 aliphatic rings. The third-order valence-corrected chi connectivity index (χ3v) is 6.70. The van der Waals surface area contributed by atoms with Gasteiger partial charge in [-0.2, -0.15) is 0 Å². The van der Waals surface area contributed by atoms with Crippen molar-refractivity contribution in [3.8, 4) is 0 Å². The van der Waals surface area contributed by atoms with E-state index in [4.69, 9.17) is 0 Å². The van der Waals surface area contributed by atoms with Crippen LogP contribution in [0.2, 0.25) is 0 Å². The van der Waals surface area contributed by atoms with Crippen LogP contribution in [0.25, 0.3) is 0 Å². The van der Waals surface area contributed by atoms with Crippen molar-refractivity contribution in [2.24, 2.45) is 5.92 Å². The summed E-state index contributed by atoms with van der Waals surface area (Å²) in [6, 6.07) is 0. The number of nitrogens with zero attached hydrogens (tertiary/aromatic N) is 1. The molecule has 20 heavy (non-hydrogen) atoms. The van der Waals surface area contributed by atoms with Crippen LogP contribution < -0.4 is 5.32 Å². The third kappa shape index (κ3) is 3.68. The molecular weight excluding hydrogens is 295 g/mol. The molecule has 0 aliphatic heterocycles. The lowest BCUT2D eigenvalue weighted by molar-refractivity contribution is 0.212. The monoisotopic (exact) mass is 318 g/mol. The molecule has 1 aromatic heterocycles. The summed E-state index contributed by atoms with van der Waals surface area (Å²) in [5.41, 5.74) is 1.00. The molecular formula is C13H23N2O3PS. The lowest BCUT2D eigenvalue weighted by atomic mass is 9.86. The van der Waals surface area contributed by atoms with Gasteiger partial charge in [-0.15, -0.1) is 11.3 Å². The van der Waals surface area contributed by atoms with Crippen LogP contribution in [-0.4, -0.2) is 26.6 Å². The van der Waals surface area contributed by atoms with Gasteiger partial charge >= 0.3 is 7.60 Å². The fourth-order valence-electron chi connectivity index (χ4n) is 2.97. The number of aryl methyl sites for hydroxylation is 1. The van der Waals surface area contributed by atoms with Crippen LogP contribution in [0.3, 0.4) is 0 Å². The van der Waals surface area contributed by atoms with E-state index in [-0.39, 0.29) is 0 Å². The van der Waals surface area contributed by atoms with E-state index in [9.17, 15) is 14.4 Å². The first-order chi connectivity index (χ1) is 9.32. The highest BCUT2D eigenvalue weighted by Crippen LogP contribution is 2.56. The Kier molecular flexibility index (Phi) is 5.03. The second-order valence-electron chi connectivity index (χ2n) is 5.84. The molecule has 1 aliphatic carbocycles. The molecule has 0 saturated heterocycles. The molecule has 0 spiro atoms. The molecule has 0 unspecified atom stereocenters. The number of rotatable bonds is 5. The van der Waals surface area contributed by atoms with Crippen LogP contribution in [0.15, 0.2) is 5.38 Å². The molecule has 0 bridgehead atoms. The van der Waals surface area contributed by atoms with Gasteiger partial charge in [0.2, 0.25) is 0 Å². The maximum atomic E-state index is 11.9. The summed E-state index contributed by atoms with van der Waals surface area (Å²) in [6.07, 6.45) is 3.74. The van der Waals surface area contributed by atoms with Gasteiger partial charge in [0.1, 0.15) is 5.28 Å². The van der Waals surface area contributed by atoms with Crippen LogP contribution >= 0.6 is 18.9 Å². The second kappa shape index (κ2) is 6.24. The van der Waals surface area contributed by atoms with Gasteiger partial charge in [-0.3, -0.25) is 4.57 Å². The van der Waals surface area contributed by atoms with E-state index in [0.717, 1.165) is 23.5 Å². The Labute approximate surface area is 124 Å². The zero-order chi connectivity index (χ0) is 14.8. The van der Waals surface area contributed by atoms with Gasteiger partial charge in [-0.1, -0.05) is 19.8 Å². The van der Waals surface area contributed by atoms with Gasteiger partial charge in [0.15, 0.2) is 0 Å². The number of hydrogen-bond donors (Lipinski definition) is 3. The third-order valence-electron chi connectivity index (χ3n) is 3.99. The number of hydrogen-bond acceptors (Lipinski definition) is 4. The first-order valence-corrected chi connectivity index (χ1v) is 9.53. The molecule has 0 amide bonds. The molecule has 0 radical (unpaired) electrons. The van der Waals surface area contributed by atoms with E-state index in [1.165, 1.54) is 0 Å². The molecule has 1 saturated carbocycles. The van der Waals surface area contributed by atoms with E-state index in [2.05, 4.69) is 17.2 Å². The van der Waals surface area contributed by atoms with Gasteiger partial charge in [0.25, 0.3) is 0 Å². The van der Waals surface area contributed by atoms with Crippen LogP contribution in [0, 0.1) is 12.8 Å². The Bertz CT molecular complexity index is 502. The highest BCUT2D eigenvalue weighted by atomic mass is 32.1. The molecule has 1 heterocycles. The van der Waals surface area contributed by atoms with Crippen molar-refractivity contribution in [3.63, 3.8) is 0 Å². The standard InChI is InChI=1S/C13H23N2O3PS/c1-10-4-3-6-13(8-10,19(16,17)18)14-7-5-12-15-11(2)9-20-12/h9-10,14H,3-8H2,1-2H3,(H2,16,17,18)/t10-,13-/m1/s1. The maximum Gasteiger partial charge on any atom is 0.345 e. The van der Waals surface area contributed by atoms with Crippen LogP contribution in [0.5, 0.6) is 0 Å². The summed E-state index contributed by atoms with van der Waals surface area (Å²) in [6.45, 7) is 4.58. The van der Waals surface area contributed by atoms with Crippen LogP contribution in [0.1, 0.15) is 43.3 Å². The predicted molar refractivity (Wildman–Crippen MR) is 81.0 cm³/mol. The molecule has 2 atom stereocenters. The zero-order valence-electron chi connectivity index (χ0n) is 12.0. The largest absolute Gasteiger partial charge is 0.345 e. The van der Waals surface area contributed by atoms with Crippen molar-refractivity contribution in [1.29, 1.82) is 0 Å². The molecule has 1 fully saturated rings. The quantitative estimate of drug-likeness (QED) is 0.727. The lowest BCUT2D eigenvalue weighted by Crippen LogP contribution is -2.48. The highest BCUT2D eigenvalue weighted by molar-refractivity contribution is 7.53. The summed E-state index contributed by atoms with van der Waals surface area (Å²) < 4.78 is 11.9. The van der Waals surface area contributed by atoms with Gasteiger partial charge in [-0.05, 0) is 25.7 Å². The summed E-state index contributed by atoms with van der Waals surface area (Å²) in [4.78, 5) is 23.9. The van der Waals surface area contributed by atoms with Crippen LogP contribution in [-0.2, 0) is 11.0 Å². The molecule has 114 valence electrons. The first kappa shape index (κ1) is 16.1. The van der Waals surface area contributed by atoms with E-state index in [0.29, 0.717) is 31.7 Å². The number of nitrogens with one attached hydrogen (secondary N) is 1. The Balaban J connectivity index is 2.00. The van der Waals surface area contributed by atoms with Gasteiger partial charge < -0.3 is 15.1 Å². The van der Waals surface area contributed by atoms with Crippen molar-refractivity contribution in [2.75, 3.05) is 6.54 Å². The smallest absolute Gasteiger partial charge is 0.323 e. The Morgan fingerprint density at radius 2 is 2.35 bits per heavy atom. The lowest BCUT2D eigenvalue weighted by Gasteiger charge is -2.41. The number of thiazole rings is 1. The van der Waals surface area contributed by atoms with Crippen LogP contribution in [0.4, 0.5) is 0 Å². The minimum absolute atomic E-state index is 0.353. The minimum Gasteiger partial charge on any atom is -0.323 e. The second-order valence-corrected chi connectivity index (χ2v) is 8.72. The predicted octanol–water partition coefficient (Wildman–Crippen LogP) is 2.67.